The normalized spacial score (nSPS) is 12.1. The predicted molar refractivity (Wildman–Crippen MR) is 87.3 cm³/mol. The van der Waals surface area contributed by atoms with Crippen LogP contribution < -0.4 is 10.2 Å². The van der Waals surface area contributed by atoms with Crippen molar-refractivity contribution in [2.75, 3.05) is 18.5 Å². The summed E-state index contributed by atoms with van der Waals surface area (Å²) in [6, 6.07) is 8.66. The van der Waals surface area contributed by atoms with Crippen LogP contribution in [0.2, 0.25) is 0 Å². The Bertz CT molecular complexity index is 541. The molecule has 0 bridgehead atoms. The van der Waals surface area contributed by atoms with Crippen LogP contribution >= 0.6 is 0 Å². The van der Waals surface area contributed by atoms with Crippen LogP contribution in [0.3, 0.4) is 0 Å². The van der Waals surface area contributed by atoms with Gasteiger partial charge in [0.15, 0.2) is 0 Å². The fourth-order valence-corrected chi connectivity index (χ4v) is 2.23. The van der Waals surface area contributed by atoms with Crippen LogP contribution in [-0.2, 0) is 6.54 Å². The SMILES string of the molecule is CCCNC(C)c1ccnc(N(C)Cc2ccncc2)c1. The second-order valence-corrected chi connectivity index (χ2v) is 5.33. The van der Waals surface area contributed by atoms with Crippen LogP contribution in [0.15, 0.2) is 42.9 Å². The molecule has 1 N–H and O–H groups in total. The van der Waals surface area contributed by atoms with E-state index in [0.29, 0.717) is 6.04 Å². The van der Waals surface area contributed by atoms with Gasteiger partial charge in [0, 0.05) is 38.2 Å². The second-order valence-electron chi connectivity index (χ2n) is 5.33. The molecule has 2 rings (SSSR count). The van der Waals surface area contributed by atoms with E-state index in [4.69, 9.17) is 0 Å². The lowest BCUT2D eigenvalue weighted by molar-refractivity contribution is 0.570. The monoisotopic (exact) mass is 284 g/mol. The van der Waals surface area contributed by atoms with Crippen molar-refractivity contribution in [2.45, 2.75) is 32.9 Å². The first-order valence-electron chi connectivity index (χ1n) is 7.50. The van der Waals surface area contributed by atoms with Gasteiger partial charge >= 0.3 is 0 Å². The predicted octanol–water partition coefficient (Wildman–Crippen LogP) is 3.17. The molecule has 0 fully saturated rings. The third-order valence-electron chi connectivity index (χ3n) is 3.53. The Kier molecular flexibility index (Phi) is 5.69. The molecule has 2 heterocycles. The standard InChI is InChI=1S/C17H24N4/c1-4-8-19-14(2)16-7-11-20-17(12-16)21(3)13-15-5-9-18-10-6-15/h5-7,9-12,14,19H,4,8,13H2,1-3H3. The quantitative estimate of drug-likeness (QED) is 0.848. The van der Waals surface area contributed by atoms with Crippen LogP contribution in [0.5, 0.6) is 0 Å². The number of hydrogen-bond donors (Lipinski definition) is 1. The van der Waals surface area contributed by atoms with Gasteiger partial charge in [-0.3, -0.25) is 4.98 Å². The first-order chi connectivity index (χ1) is 10.2. The summed E-state index contributed by atoms with van der Waals surface area (Å²) in [6.45, 7) is 6.24. The maximum Gasteiger partial charge on any atom is 0.128 e. The molecule has 0 aromatic carbocycles. The van der Waals surface area contributed by atoms with E-state index >= 15 is 0 Å². The van der Waals surface area contributed by atoms with Crippen molar-refractivity contribution < 1.29 is 0 Å². The molecule has 0 saturated heterocycles. The molecule has 0 saturated carbocycles. The zero-order valence-electron chi connectivity index (χ0n) is 13.1. The molecule has 0 aliphatic heterocycles. The molecule has 4 heteroatoms. The summed E-state index contributed by atoms with van der Waals surface area (Å²) in [5.74, 6) is 0.995. The first kappa shape index (κ1) is 15.4. The minimum absolute atomic E-state index is 0.348. The van der Waals surface area contributed by atoms with E-state index in [1.807, 2.05) is 30.7 Å². The van der Waals surface area contributed by atoms with Gasteiger partial charge in [0.1, 0.15) is 5.82 Å². The smallest absolute Gasteiger partial charge is 0.128 e. The van der Waals surface area contributed by atoms with Crippen molar-refractivity contribution in [3.05, 3.63) is 54.0 Å². The summed E-state index contributed by atoms with van der Waals surface area (Å²) in [6.07, 6.45) is 6.68. The van der Waals surface area contributed by atoms with E-state index in [2.05, 4.69) is 53.2 Å². The van der Waals surface area contributed by atoms with Crippen LogP contribution in [0.25, 0.3) is 0 Å². The molecule has 2 aromatic rings. The number of nitrogens with zero attached hydrogens (tertiary/aromatic N) is 3. The van der Waals surface area contributed by atoms with Crippen LogP contribution in [0.1, 0.15) is 37.4 Å². The number of aromatic nitrogens is 2. The number of anilines is 1. The molecule has 0 spiro atoms. The number of pyridine rings is 2. The zero-order chi connectivity index (χ0) is 15.1. The van der Waals surface area contributed by atoms with Gasteiger partial charge in [-0.2, -0.15) is 0 Å². The Morgan fingerprint density at radius 3 is 2.67 bits per heavy atom. The van der Waals surface area contributed by atoms with Gasteiger partial charge < -0.3 is 10.2 Å². The van der Waals surface area contributed by atoms with Crippen molar-refractivity contribution in [3.8, 4) is 0 Å². The molecular weight excluding hydrogens is 260 g/mol. The highest BCUT2D eigenvalue weighted by atomic mass is 15.2. The number of hydrogen-bond acceptors (Lipinski definition) is 4. The lowest BCUT2D eigenvalue weighted by Gasteiger charge is -2.20. The molecule has 0 aliphatic rings. The van der Waals surface area contributed by atoms with Crippen molar-refractivity contribution in [1.29, 1.82) is 0 Å². The van der Waals surface area contributed by atoms with Crippen molar-refractivity contribution in [3.63, 3.8) is 0 Å². The minimum atomic E-state index is 0.348. The third-order valence-corrected chi connectivity index (χ3v) is 3.53. The molecule has 0 radical (unpaired) electrons. The van der Waals surface area contributed by atoms with Gasteiger partial charge in [0.05, 0.1) is 0 Å². The fourth-order valence-electron chi connectivity index (χ4n) is 2.23. The first-order valence-corrected chi connectivity index (χ1v) is 7.50. The Morgan fingerprint density at radius 2 is 1.95 bits per heavy atom. The lowest BCUT2D eigenvalue weighted by atomic mass is 10.1. The molecule has 112 valence electrons. The summed E-state index contributed by atoms with van der Waals surface area (Å²) in [4.78, 5) is 10.7. The Morgan fingerprint density at radius 1 is 1.19 bits per heavy atom. The summed E-state index contributed by atoms with van der Waals surface area (Å²) >= 11 is 0. The molecule has 21 heavy (non-hydrogen) atoms. The van der Waals surface area contributed by atoms with Crippen molar-refractivity contribution >= 4 is 5.82 Å². The molecule has 0 amide bonds. The molecule has 1 atom stereocenters. The van der Waals surface area contributed by atoms with Crippen molar-refractivity contribution in [2.24, 2.45) is 0 Å². The highest BCUT2D eigenvalue weighted by molar-refractivity contribution is 5.41. The van der Waals surface area contributed by atoms with Gasteiger partial charge in [0.2, 0.25) is 0 Å². The number of nitrogens with one attached hydrogen (secondary N) is 1. The molecule has 4 nitrogen and oxygen atoms in total. The van der Waals surface area contributed by atoms with E-state index in [1.54, 1.807) is 0 Å². The van der Waals surface area contributed by atoms with E-state index in [-0.39, 0.29) is 0 Å². The lowest BCUT2D eigenvalue weighted by Crippen LogP contribution is -2.21. The minimum Gasteiger partial charge on any atom is -0.355 e. The maximum atomic E-state index is 4.48. The van der Waals surface area contributed by atoms with Gasteiger partial charge in [-0.15, -0.1) is 0 Å². The largest absolute Gasteiger partial charge is 0.355 e. The van der Waals surface area contributed by atoms with Crippen LogP contribution in [-0.4, -0.2) is 23.6 Å². The zero-order valence-corrected chi connectivity index (χ0v) is 13.1. The molecule has 0 aliphatic carbocycles. The average molecular weight is 284 g/mol. The van der Waals surface area contributed by atoms with Gasteiger partial charge in [-0.1, -0.05) is 6.92 Å². The third kappa shape index (κ3) is 4.53. The van der Waals surface area contributed by atoms with E-state index in [0.717, 1.165) is 25.3 Å². The number of rotatable bonds is 7. The van der Waals surface area contributed by atoms with Crippen molar-refractivity contribution in [1.82, 2.24) is 15.3 Å². The molecule has 2 aromatic heterocycles. The molecular formula is C17H24N4. The van der Waals surface area contributed by atoms with Gasteiger partial charge in [-0.25, -0.2) is 4.98 Å². The van der Waals surface area contributed by atoms with E-state index < -0.39 is 0 Å². The highest BCUT2D eigenvalue weighted by Crippen LogP contribution is 2.18. The van der Waals surface area contributed by atoms with Gasteiger partial charge in [0.25, 0.3) is 0 Å². The second kappa shape index (κ2) is 7.74. The fraction of sp³-hybridized carbons (Fsp3) is 0.412. The summed E-state index contributed by atoms with van der Waals surface area (Å²) < 4.78 is 0. The maximum absolute atomic E-state index is 4.48. The summed E-state index contributed by atoms with van der Waals surface area (Å²) in [7, 11) is 2.07. The topological polar surface area (TPSA) is 41.1 Å². The Hall–Kier alpha value is -1.94. The Balaban J connectivity index is 2.06. The van der Waals surface area contributed by atoms with E-state index in [1.165, 1.54) is 11.1 Å². The highest BCUT2D eigenvalue weighted by Gasteiger charge is 2.08. The van der Waals surface area contributed by atoms with Crippen LogP contribution in [0.4, 0.5) is 5.82 Å². The van der Waals surface area contributed by atoms with Crippen LogP contribution in [0, 0.1) is 0 Å². The Labute approximate surface area is 127 Å². The summed E-state index contributed by atoms with van der Waals surface area (Å²) in [5.41, 5.74) is 2.51. The van der Waals surface area contributed by atoms with E-state index in [9.17, 15) is 0 Å². The summed E-state index contributed by atoms with van der Waals surface area (Å²) in [5, 5.41) is 3.51. The van der Waals surface area contributed by atoms with Gasteiger partial charge in [-0.05, 0) is 55.3 Å². The molecule has 1 unspecified atom stereocenters. The average Bonchev–Trinajstić information content (AvgIpc) is 2.53.